The lowest BCUT2D eigenvalue weighted by Crippen LogP contribution is -2.69. The van der Waals surface area contributed by atoms with Gasteiger partial charge in [0.05, 0.1) is 19.9 Å². The van der Waals surface area contributed by atoms with Crippen LogP contribution in [0.3, 0.4) is 0 Å². The standard InChI is InChI=1S/C21H24N2O7/c1-22-13-8-6-5-7-12(13)15-16(22)20(27,18(26)30-4)11-19(17(25)29-3)10-9-14(24)23(2)21(15,19)28/h5-8,27-28H,9-11H2,1-4H3. The van der Waals surface area contributed by atoms with Crippen LogP contribution in [0.5, 0.6) is 0 Å². The molecule has 3 unspecified atom stereocenters. The van der Waals surface area contributed by atoms with Crippen molar-refractivity contribution in [1.29, 1.82) is 0 Å². The van der Waals surface area contributed by atoms with Crippen LogP contribution in [-0.2, 0) is 42.2 Å². The number of esters is 2. The van der Waals surface area contributed by atoms with E-state index in [1.807, 2.05) is 0 Å². The van der Waals surface area contributed by atoms with Crippen molar-refractivity contribution in [2.45, 2.75) is 30.6 Å². The van der Waals surface area contributed by atoms with Crippen LogP contribution in [0.15, 0.2) is 24.3 Å². The van der Waals surface area contributed by atoms with Crippen LogP contribution in [0.4, 0.5) is 0 Å². The van der Waals surface area contributed by atoms with Crippen LogP contribution in [0.1, 0.15) is 30.5 Å². The van der Waals surface area contributed by atoms with E-state index in [1.54, 1.807) is 35.9 Å². The number of aryl methyl sites for hydroxylation is 1. The maximum atomic E-state index is 13.1. The third kappa shape index (κ3) is 2.11. The topological polar surface area (TPSA) is 118 Å². The van der Waals surface area contributed by atoms with Crippen molar-refractivity contribution in [2.24, 2.45) is 12.5 Å². The zero-order valence-corrected chi connectivity index (χ0v) is 17.3. The second kappa shape index (κ2) is 6.29. The van der Waals surface area contributed by atoms with Crippen LogP contribution in [0.25, 0.3) is 10.9 Å². The highest BCUT2D eigenvalue weighted by atomic mass is 16.5. The predicted octanol–water partition coefficient (Wildman–Crippen LogP) is 0.499. The van der Waals surface area contributed by atoms with Gasteiger partial charge in [-0.2, -0.15) is 0 Å². The molecular formula is C21H24N2O7. The van der Waals surface area contributed by atoms with Gasteiger partial charge < -0.3 is 29.2 Å². The highest BCUT2D eigenvalue weighted by molar-refractivity contribution is 5.96. The molecule has 3 atom stereocenters. The molecule has 0 radical (unpaired) electrons. The van der Waals surface area contributed by atoms with Crippen LogP contribution >= 0.6 is 0 Å². The van der Waals surface area contributed by atoms with E-state index < -0.39 is 35.1 Å². The van der Waals surface area contributed by atoms with Gasteiger partial charge in [-0.15, -0.1) is 0 Å². The number of fused-ring (bicyclic) bond motifs is 5. The highest BCUT2D eigenvalue weighted by Crippen LogP contribution is 2.62. The van der Waals surface area contributed by atoms with Crippen LogP contribution in [0.2, 0.25) is 0 Å². The third-order valence-electron chi connectivity index (χ3n) is 6.80. The average molecular weight is 416 g/mol. The number of amides is 1. The van der Waals surface area contributed by atoms with Gasteiger partial charge in [0, 0.05) is 43.4 Å². The Kier molecular flexibility index (Phi) is 4.27. The first-order valence-electron chi connectivity index (χ1n) is 9.56. The number of hydrogen-bond donors (Lipinski definition) is 2. The number of hydrogen-bond acceptors (Lipinski definition) is 7. The minimum atomic E-state index is -2.24. The van der Waals surface area contributed by atoms with Crippen LogP contribution in [-0.4, -0.2) is 58.8 Å². The number of piperidine rings is 1. The molecule has 1 aromatic carbocycles. The Morgan fingerprint density at radius 1 is 1.07 bits per heavy atom. The Labute approximate surface area is 172 Å². The minimum absolute atomic E-state index is 0.0503. The number of para-hydroxylation sites is 1. The third-order valence-corrected chi connectivity index (χ3v) is 6.80. The Morgan fingerprint density at radius 2 is 1.70 bits per heavy atom. The minimum Gasteiger partial charge on any atom is -0.468 e. The van der Waals surface area contributed by atoms with Crippen molar-refractivity contribution in [3.63, 3.8) is 0 Å². The van der Waals surface area contributed by atoms with Gasteiger partial charge >= 0.3 is 11.9 Å². The van der Waals surface area contributed by atoms with Crippen LogP contribution < -0.4 is 0 Å². The number of benzene rings is 1. The Morgan fingerprint density at radius 3 is 2.33 bits per heavy atom. The van der Waals surface area contributed by atoms with Gasteiger partial charge in [0.1, 0.15) is 5.41 Å². The van der Waals surface area contributed by atoms with Gasteiger partial charge in [-0.05, 0) is 12.5 Å². The fourth-order valence-electron chi connectivity index (χ4n) is 5.38. The number of aliphatic hydroxyl groups is 2. The fraction of sp³-hybridized carbons (Fsp3) is 0.476. The quantitative estimate of drug-likeness (QED) is 0.685. The number of rotatable bonds is 2. The summed E-state index contributed by atoms with van der Waals surface area (Å²) < 4.78 is 11.5. The number of carbonyl (C=O) groups is 3. The van der Waals surface area contributed by atoms with E-state index in [0.29, 0.717) is 10.9 Å². The Balaban J connectivity index is 2.22. The molecule has 9 nitrogen and oxygen atoms in total. The number of likely N-dealkylation sites (tertiary alicyclic amines) is 1. The van der Waals surface area contributed by atoms with Gasteiger partial charge in [-0.25, -0.2) is 4.79 Å². The smallest absolute Gasteiger partial charge is 0.344 e. The van der Waals surface area contributed by atoms with Crippen molar-refractivity contribution in [1.82, 2.24) is 9.47 Å². The molecule has 0 spiro atoms. The lowest BCUT2D eigenvalue weighted by Gasteiger charge is -2.57. The second-order valence-electron chi connectivity index (χ2n) is 8.03. The van der Waals surface area contributed by atoms with Gasteiger partial charge in [0.2, 0.25) is 11.5 Å². The number of nitrogens with zero attached hydrogens (tertiary/aromatic N) is 2. The summed E-state index contributed by atoms with van der Waals surface area (Å²) in [6, 6.07) is 6.99. The molecule has 0 bridgehead atoms. The normalized spacial score (nSPS) is 30.6. The molecule has 160 valence electrons. The van der Waals surface area contributed by atoms with E-state index in [1.165, 1.54) is 14.2 Å². The number of carbonyl (C=O) groups excluding carboxylic acids is 3. The van der Waals surface area contributed by atoms with Gasteiger partial charge in [0.25, 0.3) is 0 Å². The summed E-state index contributed by atoms with van der Waals surface area (Å²) in [7, 11) is 5.37. The summed E-state index contributed by atoms with van der Waals surface area (Å²) in [6.45, 7) is 0. The molecule has 1 aliphatic carbocycles. The summed E-state index contributed by atoms with van der Waals surface area (Å²) in [5.41, 5.74) is -5.32. The zero-order valence-electron chi connectivity index (χ0n) is 17.3. The van der Waals surface area contributed by atoms with E-state index in [0.717, 1.165) is 12.0 Å². The molecule has 2 aromatic rings. The van der Waals surface area contributed by atoms with Gasteiger partial charge in [-0.3, -0.25) is 9.59 Å². The lowest BCUT2D eigenvalue weighted by atomic mass is 9.57. The maximum Gasteiger partial charge on any atom is 0.344 e. The molecule has 2 aliphatic rings. The lowest BCUT2D eigenvalue weighted by molar-refractivity contribution is -0.250. The SMILES string of the molecule is COC(=O)C1(O)CC2(C(=O)OC)CCC(=O)N(C)C2(O)c2c1n(C)c1ccccc21. The van der Waals surface area contributed by atoms with E-state index >= 15 is 0 Å². The number of ether oxygens (including phenoxy) is 2. The molecule has 1 aromatic heterocycles. The molecule has 4 rings (SSSR count). The molecule has 1 fully saturated rings. The van der Waals surface area contributed by atoms with Crippen LogP contribution in [0, 0.1) is 5.41 Å². The fourth-order valence-corrected chi connectivity index (χ4v) is 5.38. The Bertz CT molecular complexity index is 1090. The van der Waals surface area contributed by atoms with Crippen molar-refractivity contribution in [3.05, 3.63) is 35.5 Å². The van der Waals surface area contributed by atoms with E-state index in [-0.39, 0.29) is 30.0 Å². The van der Waals surface area contributed by atoms with Crippen molar-refractivity contribution >= 4 is 28.7 Å². The summed E-state index contributed by atoms with van der Waals surface area (Å²) in [5, 5.41) is 24.3. The summed E-state index contributed by atoms with van der Waals surface area (Å²) in [4.78, 5) is 39.8. The molecule has 1 aliphatic heterocycles. The zero-order chi connectivity index (χ0) is 22.1. The monoisotopic (exact) mass is 416 g/mol. The number of aromatic nitrogens is 1. The summed E-state index contributed by atoms with van der Waals surface area (Å²) >= 11 is 0. The highest BCUT2D eigenvalue weighted by Gasteiger charge is 2.72. The van der Waals surface area contributed by atoms with E-state index in [9.17, 15) is 24.6 Å². The van der Waals surface area contributed by atoms with Crippen molar-refractivity contribution < 1.29 is 34.1 Å². The summed E-state index contributed by atoms with van der Waals surface area (Å²) in [6.07, 6.45) is -0.642. The first kappa shape index (κ1) is 20.4. The molecule has 2 N–H and O–H groups in total. The van der Waals surface area contributed by atoms with E-state index in [2.05, 4.69) is 0 Å². The molecule has 1 amide bonds. The maximum absolute atomic E-state index is 13.1. The first-order chi connectivity index (χ1) is 14.1. The Hall–Kier alpha value is -2.91. The molecule has 30 heavy (non-hydrogen) atoms. The predicted molar refractivity (Wildman–Crippen MR) is 104 cm³/mol. The molecule has 2 heterocycles. The molecule has 1 saturated heterocycles. The first-order valence-corrected chi connectivity index (χ1v) is 9.56. The van der Waals surface area contributed by atoms with Crippen molar-refractivity contribution in [2.75, 3.05) is 21.3 Å². The van der Waals surface area contributed by atoms with Crippen molar-refractivity contribution in [3.8, 4) is 0 Å². The number of methoxy groups -OCH3 is 2. The summed E-state index contributed by atoms with van der Waals surface area (Å²) in [5.74, 6) is -2.13. The largest absolute Gasteiger partial charge is 0.468 e. The van der Waals surface area contributed by atoms with E-state index in [4.69, 9.17) is 9.47 Å². The molecule has 9 heteroatoms. The molecule has 0 saturated carbocycles. The van der Waals surface area contributed by atoms with Gasteiger partial charge in [0.15, 0.2) is 5.72 Å². The second-order valence-corrected chi connectivity index (χ2v) is 8.03. The average Bonchev–Trinajstić information content (AvgIpc) is 3.06. The molecular weight excluding hydrogens is 392 g/mol. The van der Waals surface area contributed by atoms with Gasteiger partial charge in [-0.1, -0.05) is 18.2 Å².